The lowest BCUT2D eigenvalue weighted by molar-refractivity contribution is 0.144. The molecule has 0 aliphatic carbocycles. The van der Waals surface area contributed by atoms with Gasteiger partial charge in [0.2, 0.25) is 0 Å². The Bertz CT molecular complexity index is 389. The third kappa shape index (κ3) is 2.72. The zero-order chi connectivity index (χ0) is 12.3. The molecule has 1 fully saturated rings. The molecule has 94 valence electrons. The summed E-state index contributed by atoms with van der Waals surface area (Å²) in [7, 11) is 1.55. The number of methoxy groups -OCH3 is 1. The third-order valence-electron chi connectivity index (χ3n) is 3.29. The van der Waals surface area contributed by atoms with Crippen LogP contribution in [0.1, 0.15) is 24.8 Å². The average Bonchev–Trinajstić information content (AvgIpc) is 2.55. The SMILES string of the molecule is COc1cc(C2(F)CCCNCC2)ccc1Cl. The lowest BCUT2D eigenvalue weighted by atomic mass is 9.88. The molecular weight excluding hydrogens is 241 g/mol. The first-order valence-electron chi connectivity index (χ1n) is 5.89. The first-order valence-corrected chi connectivity index (χ1v) is 6.27. The van der Waals surface area contributed by atoms with Crippen molar-refractivity contribution in [1.29, 1.82) is 0 Å². The van der Waals surface area contributed by atoms with Gasteiger partial charge in [-0.15, -0.1) is 0 Å². The topological polar surface area (TPSA) is 21.3 Å². The Labute approximate surface area is 106 Å². The highest BCUT2D eigenvalue weighted by Gasteiger charge is 2.33. The van der Waals surface area contributed by atoms with Gasteiger partial charge in [0, 0.05) is 0 Å². The minimum absolute atomic E-state index is 0.498. The lowest BCUT2D eigenvalue weighted by Gasteiger charge is -2.24. The number of ether oxygens (including phenoxy) is 1. The van der Waals surface area contributed by atoms with Crippen LogP contribution in [0.25, 0.3) is 0 Å². The molecule has 0 saturated carbocycles. The highest BCUT2D eigenvalue weighted by molar-refractivity contribution is 6.32. The molecular formula is C13H17ClFNO. The van der Waals surface area contributed by atoms with Crippen molar-refractivity contribution in [2.24, 2.45) is 0 Å². The van der Waals surface area contributed by atoms with E-state index in [-0.39, 0.29) is 0 Å². The van der Waals surface area contributed by atoms with Crippen LogP contribution in [0.3, 0.4) is 0 Å². The number of hydrogen-bond acceptors (Lipinski definition) is 2. The van der Waals surface area contributed by atoms with Crippen molar-refractivity contribution in [3.63, 3.8) is 0 Å². The van der Waals surface area contributed by atoms with Crippen molar-refractivity contribution in [3.05, 3.63) is 28.8 Å². The fraction of sp³-hybridized carbons (Fsp3) is 0.538. The molecule has 0 amide bonds. The van der Waals surface area contributed by atoms with Crippen molar-refractivity contribution >= 4 is 11.6 Å². The van der Waals surface area contributed by atoms with E-state index in [1.165, 1.54) is 0 Å². The number of rotatable bonds is 2. The van der Waals surface area contributed by atoms with E-state index in [2.05, 4.69) is 5.32 Å². The number of halogens is 2. The van der Waals surface area contributed by atoms with E-state index >= 15 is 0 Å². The average molecular weight is 258 g/mol. The van der Waals surface area contributed by atoms with Crippen LogP contribution < -0.4 is 10.1 Å². The van der Waals surface area contributed by atoms with Crippen LogP contribution in [0.15, 0.2) is 18.2 Å². The van der Waals surface area contributed by atoms with Gasteiger partial charge in [-0.1, -0.05) is 17.7 Å². The summed E-state index contributed by atoms with van der Waals surface area (Å²) in [5.41, 5.74) is -0.594. The van der Waals surface area contributed by atoms with E-state index in [0.29, 0.717) is 35.7 Å². The normalized spacial score (nSPS) is 25.4. The van der Waals surface area contributed by atoms with Gasteiger partial charge in [0.25, 0.3) is 0 Å². The number of benzene rings is 1. The number of alkyl halides is 1. The van der Waals surface area contributed by atoms with Gasteiger partial charge in [0.15, 0.2) is 0 Å². The zero-order valence-corrected chi connectivity index (χ0v) is 10.7. The van der Waals surface area contributed by atoms with Gasteiger partial charge in [-0.25, -0.2) is 4.39 Å². The standard InChI is InChI=1S/C13H17ClFNO/c1-17-12-9-10(3-4-11(12)14)13(15)5-2-7-16-8-6-13/h3-4,9,16H,2,5-8H2,1H3. The van der Waals surface area contributed by atoms with Gasteiger partial charge in [-0.3, -0.25) is 0 Å². The molecule has 4 heteroatoms. The Kier molecular flexibility index (Phi) is 3.89. The van der Waals surface area contributed by atoms with E-state index in [9.17, 15) is 4.39 Å². The Balaban J connectivity index is 2.31. The molecule has 0 aromatic heterocycles. The van der Waals surface area contributed by atoms with Crippen molar-refractivity contribution in [1.82, 2.24) is 5.32 Å². The summed E-state index contributed by atoms with van der Waals surface area (Å²) in [6.07, 6.45) is 1.89. The smallest absolute Gasteiger partial charge is 0.137 e. The molecule has 0 bridgehead atoms. The molecule has 1 atom stereocenters. The summed E-state index contributed by atoms with van der Waals surface area (Å²) in [5.74, 6) is 0.540. The molecule has 17 heavy (non-hydrogen) atoms. The third-order valence-corrected chi connectivity index (χ3v) is 3.61. The monoisotopic (exact) mass is 257 g/mol. The Hall–Kier alpha value is -0.800. The molecule has 1 aliphatic rings. The quantitative estimate of drug-likeness (QED) is 0.878. The van der Waals surface area contributed by atoms with E-state index in [0.717, 1.165) is 13.0 Å². The Morgan fingerprint density at radius 3 is 2.94 bits per heavy atom. The maximum absolute atomic E-state index is 14.9. The summed E-state index contributed by atoms with van der Waals surface area (Å²) in [6.45, 7) is 1.60. The van der Waals surface area contributed by atoms with Crippen LogP contribution in [0.5, 0.6) is 5.75 Å². The fourth-order valence-electron chi connectivity index (χ4n) is 2.26. The highest BCUT2D eigenvalue weighted by atomic mass is 35.5. The first-order chi connectivity index (χ1) is 8.15. The minimum atomic E-state index is -1.26. The predicted octanol–water partition coefficient (Wildman–Crippen LogP) is 3.29. The zero-order valence-electron chi connectivity index (χ0n) is 9.93. The minimum Gasteiger partial charge on any atom is -0.495 e. The second kappa shape index (κ2) is 5.23. The van der Waals surface area contributed by atoms with Crippen molar-refractivity contribution in [2.75, 3.05) is 20.2 Å². The molecule has 2 nitrogen and oxygen atoms in total. The van der Waals surface area contributed by atoms with Crippen LogP contribution in [0.2, 0.25) is 5.02 Å². The van der Waals surface area contributed by atoms with Crippen LogP contribution in [0, 0.1) is 0 Å². The van der Waals surface area contributed by atoms with Crippen LogP contribution in [0.4, 0.5) is 4.39 Å². The van der Waals surface area contributed by atoms with Gasteiger partial charge in [0.05, 0.1) is 12.1 Å². The maximum atomic E-state index is 14.9. The molecule has 0 spiro atoms. The molecule has 1 aromatic carbocycles. The molecule has 1 heterocycles. The van der Waals surface area contributed by atoms with E-state index < -0.39 is 5.67 Å². The lowest BCUT2D eigenvalue weighted by Crippen LogP contribution is -2.22. The van der Waals surface area contributed by atoms with Gasteiger partial charge in [0.1, 0.15) is 11.4 Å². The Morgan fingerprint density at radius 2 is 2.18 bits per heavy atom. The summed E-state index contributed by atoms with van der Waals surface area (Å²) in [5, 5.41) is 3.73. The molecule has 1 saturated heterocycles. The highest BCUT2D eigenvalue weighted by Crippen LogP contribution is 2.38. The van der Waals surface area contributed by atoms with Gasteiger partial charge in [-0.2, -0.15) is 0 Å². The fourth-order valence-corrected chi connectivity index (χ4v) is 2.45. The van der Waals surface area contributed by atoms with Gasteiger partial charge in [-0.05, 0) is 50.0 Å². The number of nitrogens with one attached hydrogen (secondary N) is 1. The molecule has 1 aliphatic heterocycles. The first kappa shape index (κ1) is 12.7. The molecule has 2 rings (SSSR count). The molecule has 0 radical (unpaired) electrons. The van der Waals surface area contributed by atoms with Gasteiger partial charge < -0.3 is 10.1 Å². The van der Waals surface area contributed by atoms with Crippen molar-refractivity contribution in [2.45, 2.75) is 24.9 Å². The molecule has 1 unspecified atom stereocenters. The molecule has 1 N–H and O–H groups in total. The van der Waals surface area contributed by atoms with Crippen molar-refractivity contribution < 1.29 is 9.13 Å². The maximum Gasteiger partial charge on any atom is 0.137 e. The Morgan fingerprint density at radius 1 is 1.35 bits per heavy atom. The number of hydrogen-bond donors (Lipinski definition) is 1. The largest absolute Gasteiger partial charge is 0.495 e. The van der Waals surface area contributed by atoms with E-state index in [1.807, 2.05) is 0 Å². The van der Waals surface area contributed by atoms with Gasteiger partial charge >= 0.3 is 0 Å². The summed E-state index contributed by atoms with van der Waals surface area (Å²) < 4.78 is 20.0. The van der Waals surface area contributed by atoms with Crippen LogP contribution >= 0.6 is 11.6 Å². The second-order valence-corrected chi connectivity index (χ2v) is 4.83. The van der Waals surface area contributed by atoms with E-state index in [1.54, 1.807) is 25.3 Å². The summed E-state index contributed by atoms with van der Waals surface area (Å²) in [6, 6.07) is 5.18. The second-order valence-electron chi connectivity index (χ2n) is 4.42. The van der Waals surface area contributed by atoms with E-state index in [4.69, 9.17) is 16.3 Å². The van der Waals surface area contributed by atoms with Crippen molar-refractivity contribution in [3.8, 4) is 5.75 Å². The van der Waals surface area contributed by atoms with Crippen LogP contribution in [-0.4, -0.2) is 20.2 Å². The van der Waals surface area contributed by atoms with Crippen LogP contribution in [-0.2, 0) is 5.67 Å². The molecule has 1 aromatic rings. The summed E-state index contributed by atoms with van der Waals surface area (Å²) in [4.78, 5) is 0. The summed E-state index contributed by atoms with van der Waals surface area (Å²) >= 11 is 5.95. The predicted molar refractivity (Wildman–Crippen MR) is 67.5 cm³/mol.